The SMILES string of the molecule is CC(N)CSCC(C)O. The number of hydrogen-bond donors (Lipinski definition) is 2. The van der Waals surface area contributed by atoms with Crippen molar-refractivity contribution in [3.63, 3.8) is 0 Å². The van der Waals surface area contributed by atoms with Crippen LogP contribution in [0.25, 0.3) is 0 Å². The van der Waals surface area contributed by atoms with E-state index < -0.39 is 0 Å². The number of rotatable bonds is 4. The molecule has 2 unspecified atom stereocenters. The van der Waals surface area contributed by atoms with Gasteiger partial charge in [0.1, 0.15) is 0 Å². The Kier molecular flexibility index (Phi) is 5.24. The predicted molar refractivity (Wildman–Crippen MR) is 42.7 cm³/mol. The minimum atomic E-state index is -0.200. The number of nitrogens with two attached hydrogens (primary N) is 1. The van der Waals surface area contributed by atoms with Crippen molar-refractivity contribution in [3.05, 3.63) is 0 Å². The first kappa shape index (κ1) is 9.27. The molecule has 0 amide bonds. The molecule has 0 spiro atoms. The van der Waals surface area contributed by atoms with Crippen molar-refractivity contribution < 1.29 is 5.11 Å². The van der Waals surface area contributed by atoms with Gasteiger partial charge in [-0.1, -0.05) is 0 Å². The molecule has 0 aliphatic carbocycles. The van der Waals surface area contributed by atoms with Crippen LogP contribution in [-0.4, -0.2) is 28.8 Å². The van der Waals surface area contributed by atoms with E-state index in [0.717, 1.165) is 11.5 Å². The average molecular weight is 149 g/mol. The first-order valence-electron chi connectivity index (χ1n) is 3.14. The average Bonchev–Trinajstić information content (AvgIpc) is 1.63. The van der Waals surface area contributed by atoms with Gasteiger partial charge in [0.05, 0.1) is 6.10 Å². The second kappa shape index (κ2) is 5.09. The molecule has 9 heavy (non-hydrogen) atoms. The first-order valence-corrected chi connectivity index (χ1v) is 4.29. The minimum Gasteiger partial charge on any atom is -0.393 e. The van der Waals surface area contributed by atoms with Crippen LogP contribution in [0.4, 0.5) is 0 Å². The topological polar surface area (TPSA) is 46.2 Å². The molecule has 2 nitrogen and oxygen atoms in total. The van der Waals surface area contributed by atoms with Gasteiger partial charge in [-0.15, -0.1) is 0 Å². The van der Waals surface area contributed by atoms with Crippen LogP contribution < -0.4 is 5.73 Å². The Morgan fingerprint density at radius 1 is 1.44 bits per heavy atom. The summed E-state index contributed by atoms with van der Waals surface area (Å²) in [7, 11) is 0. The number of aliphatic hydroxyl groups is 1. The highest BCUT2D eigenvalue weighted by molar-refractivity contribution is 7.99. The molecule has 0 aliphatic rings. The lowest BCUT2D eigenvalue weighted by Gasteiger charge is -2.05. The van der Waals surface area contributed by atoms with Gasteiger partial charge in [0.25, 0.3) is 0 Å². The van der Waals surface area contributed by atoms with E-state index in [0.29, 0.717) is 0 Å². The lowest BCUT2D eigenvalue weighted by molar-refractivity contribution is 0.220. The van der Waals surface area contributed by atoms with Crippen LogP contribution >= 0.6 is 11.8 Å². The Bertz CT molecular complexity index is 58.1. The molecule has 0 heterocycles. The Morgan fingerprint density at radius 3 is 2.33 bits per heavy atom. The smallest absolute Gasteiger partial charge is 0.0602 e. The van der Waals surface area contributed by atoms with E-state index >= 15 is 0 Å². The van der Waals surface area contributed by atoms with E-state index in [1.165, 1.54) is 0 Å². The van der Waals surface area contributed by atoms with E-state index in [4.69, 9.17) is 10.8 Å². The molecule has 3 heteroatoms. The maximum Gasteiger partial charge on any atom is 0.0602 e. The van der Waals surface area contributed by atoms with Crippen molar-refractivity contribution in [2.45, 2.75) is 26.0 Å². The second-order valence-corrected chi connectivity index (χ2v) is 3.44. The zero-order valence-electron chi connectivity index (χ0n) is 6.00. The maximum absolute atomic E-state index is 8.80. The Hall–Kier alpha value is 0.270. The molecule has 2 atom stereocenters. The molecule has 0 saturated carbocycles. The van der Waals surface area contributed by atoms with Gasteiger partial charge in [-0.25, -0.2) is 0 Å². The van der Waals surface area contributed by atoms with Crippen molar-refractivity contribution in [2.24, 2.45) is 5.73 Å². The highest BCUT2D eigenvalue weighted by Gasteiger charge is 1.97. The molecule has 3 N–H and O–H groups in total. The van der Waals surface area contributed by atoms with Crippen LogP contribution in [0.15, 0.2) is 0 Å². The first-order chi connectivity index (χ1) is 4.13. The summed E-state index contributed by atoms with van der Waals surface area (Å²) in [4.78, 5) is 0. The van der Waals surface area contributed by atoms with Gasteiger partial charge in [-0.05, 0) is 13.8 Å². The normalized spacial score (nSPS) is 17.3. The van der Waals surface area contributed by atoms with Crippen LogP contribution in [0.1, 0.15) is 13.8 Å². The molecule has 0 fully saturated rings. The van der Waals surface area contributed by atoms with Crippen LogP contribution in [0.3, 0.4) is 0 Å². The third-order valence-electron chi connectivity index (χ3n) is 0.740. The summed E-state index contributed by atoms with van der Waals surface area (Å²) < 4.78 is 0. The quantitative estimate of drug-likeness (QED) is 0.610. The summed E-state index contributed by atoms with van der Waals surface area (Å²) in [6, 6.07) is 0.244. The molecule has 0 bridgehead atoms. The zero-order chi connectivity index (χ0) is 7.28. The van der Waals surface area contributed by atoms with Gasteiger partial charge in [-0.2, -0.15) is 11.8 Å². The fourth-order valence-corrected chi connectivity index (χ4v) is 1.27. The summed E-state index contributed by atoms with van der Waals surface area (Å²) in [5, 5.41) is 8.80. The van der Waals surface area contributed by atoms with Crippen LogP contribution in [-0.2, 0) is 0 Å². The zero-order valence-corrected chi connectivity index (χ0v) is 6.82. The Morgan fingerprint density at radius 2 is 2.00 bits per heavy atom. The fourth-order valence-electron chi connectivity index (χ4n) is 0.424. The van der Waals surface area contributed by atoms with E-state index in [9.17, 15) is 0 Å². The molecule has 0 rings (SSSR count). The van der Waals surface area contributed by atoms with E-state index in [2.05, 4.69) is 0 Å². The maximum atomic E-state index is 8.80. The van der Waals surface area contributed by atoms with Crippen LogP contribution in [0.5, 0.6) is 0 Å². The third-order valence-corrected chi connectivity index (χ3v) is 2.22. The van der Waals surface area contributed by atoms with E-state index in [1.54, 1.807) is 18.7 Å². The van der Waals surface area contributed by atoms with Gasteiger partial charge in [0.2, 0.25) is 0 Å². The van der Waals surface area contributed by atoms with Gasteiger partial charge >= 0.3 is 0 Å². The molecule has 0 aromatic rings. The summed E-state index contributed by atoms with van der Waals surface area (Å²) in [6.45, 7) is 3.75. The summed E-state index contributed by atoms with van der Waals surface area (Å²) in [5.74, 6) is 1.73. The Balaban J connectivity index is 2.91. The highest BCUT2D eigenvalue weighted by Crippen LogP contribution is 2.02. The minimum absolute atomic E-state index is 0.200. The third kappa shape index (κ3) is 8.27. The number of hydrogen-bond acceptors (Lipinski definition) is 3. The van der Waals surface area contributed by atoms with E-state index in [-0.39, 0.29) is 12.1 Å². The summed E-state index contributed by atoms with van der Waals surface area (Å²) in [6.07, 6.45) is -0.200. The molecule has 56 valence electrons. The molecule has 0 aromatic heterocycles. The summed E-state index contributed by atoms with van der Waals surface area (Å²) >= 11 is 1.69. The molecular weight excluding hydrogens is 134 g/mol. The standard InChI is InChI=1S/C6H15NOS/c1-5(7)3-9-4-6(2)8/h5-6,8H,3-4,7H2,1-2H3. The van der Waals surface area contributed by atoms with Gasteiger partial charge in [0, 0.05) is 17.5 Å². The van der Waals surface area contributed by atoms with Gasteiger partial charge in [-0.3, -0.25) is 0 Å². The number of aliphatic hydroxyl groups excluding tert-OH is 1. The van der Waals surface area contributed by atoms with Crippen LogP contribution in [0, 0.1) is 0 Å². The Labute approximate surface area is 60.8 Å². The fraction of sp³-hybridized carbons (Fsp3) is 1.00. The van der Waals surface area contributed by atoms with Crippen molar-refractivity contribution in [1.82, 2.24) is 0 Å². The predicted octanol–water partition coefficient (Wildman–Crippen LogP) is 0.448. The molecular formula is C6H15NOS. The highest BCUT2D eigenvalue weighted by atomic mass is 32.2. The van der Waals surface area contributed by atoms with Crippen LogP contribution in [0.2, 0.25) is 0 Å². The molecule has 0 radical (unpaired) electrons. The molecule has 0 saturated heterocycles. The van der Waals surface area contributed by atoms with Gasteiger partial charge in [0.15, 0.2) is 0 Å². The lowest BCUT2D eigenvalue weighted by Crippen LogP contribution is -2.18. The summed E-state index contributed by atoms with van der Waals surface area (Å²) in [5.41, 5.74) is 5.48. The number of thioether (sulfide) groups is 1. The van der Waals surface area contributed by atoms with Crippen molar-refractivity contribution >= 4 is 11.8 Å². The lowest BCUT2D eigenvalue weighted by atomic mass is 10.4. The monoisotopic (exact) mass is 149 g/mol. The van der Waals surface area contributed by atoms with Crippen molar-refractivity contribution in [2.75, 3.05) is 11.5 Å². The van der Waals surface area contributed by atoms with Crippen molar-refractivity contribution in [3.8, 4) is 0 Å². The van der Waals surface area contributed by atoms with Crippen molar-refractivity contribution in [1.29, 1.82) is 0 Å². The second-order valence-electron chi connectivity index (χ2n) is 2.36. The largest absolute Gasteiger partial charge is 0.393 e. The molecule has 0 aromatic carbocycles. The van der Waals surface area contributed by atoms with E-state index in [1.807, 2.05) is 6.92 Å². The van der Waals surface area contributed by atoms with Gasteiger partial charge < -0.3 is 10.8 Å². The molecule has 0 aliphatic heterocycles.